The summed E-state index contributed by atoms with van der Waals surface area (Å²) in [5.74, 6) is -11.2. The van der Waals surface area contributed by atoms with E-state index >= 15 is 0 Å². The fraction of sp³-hybridized carbons (Fsp3) is 0.466. The molecule has 27 nitrogen and oxygen atoms in total. The lowest BCUT2D eigenvalue weighted by Crippen LogP contribution is -2.62. The molecule has 3 aromatic carbocycles. The van der Waals surface area contributed by atoms with E-state index in [2.05, 4.69) is 52.5 Å². The van der Waals surface area contributed by atoms with Crippen molar-refractivity contribution in [3.63, 3.8) is 0 Å². The number of carboxylic acid groups (broad SMARTS) is 2. The van der Waals surface area contributed by atoms with Crippen molar-refractivity contribution in [2.24, 2.45) is 23.3 Å². The second-order valence-electron chi connectivity index (χ2n) is 21.2. The molecule has 0 saturated carbocycles. The van der Waals surface area contributed by atoms with Crippen LogP contribution in [-0.4, -0.2) is 156 Å². The zero-order valence-electron chi connectivity index (χ0n) is 48.1. The number of aromatic amines is 1. The number of phenols is 3. The molecule has 4 aromatic rings. The van der Waals surface area contributed by atoms with Gasteiger partial charge in [0.15, 0.2) is 0 Å². The van der Waals surface area contributed by atoms with E-state index in [1.54, 1.807) is 39.8 Å². The number of H-pyrrole nitrogens is 1. The summed E-state index contributed by atoms with van der Waals surface area (Å²) < 4.78 is 0. The van der Waals surface area contributed by atoms with E-state index in [0.29, 0.717) is 41.6 Å². The van der Waals surface area contributed by atoms with Crippen LogP contribution < -0.4 is 54.0 Å². The van der Waals surface area contributed by atoms with Crippen molar-refractivity contribution in [3.8, 4) is 17.2 Å². The summed E-state index contributed by atoms with van der Waals surface area (Å²) in [6, 6.07) is 4.56. The Morgan fingerprint density at radius 2 is 0.906 bits per heavy atom. The van der Waals surface area contributed by atoms with E-state index in [1.807, 2.05) is 0 Å². The van der Waals surface area contributed by atoms with Gasteiger partial charge in [0.2, 0.25) is 47.3 Å². The van der Waals surface area contributed by atoms with Gasteiger partial charge in [-0.15, -0.1) is 0 Å². The summed E-state index contributed by atoms with van der Waals surface area (Å²) in [6.07, 6.45) is 2.38. The fourth-order valence-corrected chi connectivity index (χ4v) is 8.72. The molecule has 0 radical (unpaired) electrons. The van der Waals surface area contributed by atoms with Crippen LogP contribution in [0.15, 0.2) is 85.3 Å². The number of benzene rings is 3. The number of carboxylic acids is 2. The zero-order chi connectivity index (χ0) is 62.9. The maximum atomic E-state index is 14.6. The van der Waals surface area contributed by atoms with Gasteiger partial charge in [0.25, 0.3) is 0 Å². The molecule has 0 aliphatic rings. The molecule has 0 aliphatic carbocycles. The lowest BCUT2D eigenvalue weighted by atomic mass is 9.96. The number of aromatic hydroxyl groups is 3. The minimum absolute atomic E-state index is 0.0178. The van der Waals surface area contributed by atoms with Gasteiger partial charge in [0.1, 0.15) is 65.6 Å². The third-order valence-corrected chi connectivity index (χ3v) is 14.0. The number of phenolic OH excluding ortho intramolecular Hbond substituents is 3. The standard InChI is InChI=1S/C58H80N12O15/c1-6-32(4)49(70-55(81)46(27-36-14-20-40(73)21-15-36)66-50(76)41(60)28-37-29-61-30-62-37)57(83)65-42(9-7-8-24-59)52(78)69-48(31(2)3)56(82)68-45(26-35-12-18-39(72)19-13-35)54(80)67-44(25-34-10-16-38(71)17-11-34)53(79)64-43(22-23-47(74)75)51(77)63-33(5)58(84)85/h10-21,29-33,41-46,48-49,71-73H,6-9,22-28,59-60H2,1-5H3,(H,61,62)(H,63,77)(H,64,79)(H,65,83)(H,66,76)(H,67,80)(H,68,82)(H,69,78)(H,70,81)(H,74,75)(H,84,85)/t32-,33-,41-,42-,43-,44-,45-,46-,48-,49-/m0/s1. The van der Waals surface area contributed by atoms with E-state index in [0.717, 1.165) is 6.92 Å². The minimum atomic E-state index is -1.60. The largest absolute Gasteiger partial charge is 0.508 e. The van der Waals surface area contributed by atoms with Crippen LogP contribution in [0.4, 0.5) is 0 Å². The number of nitrogens with one attached hydrogen (secondary N) is 9. The summed E-state index contributed by atoms with van der Waals surface area (Å²) in [5.41, 5.74) is 14.0. The molecule has 462 valence electrons. The summed E-state index contributed by atoms with van der Waals surface area (Å²) >= 11 is 0. The minimum Gasteiger partial charge on any atom is -0.508 e. The Balaban J connectivity index is 1.63. The SMILES string of the molecule is CC[C@H](C)[C@H](NC(=O)[C@H](Cc1ccc(O)cc1)NC(=O)[C@@H](N)Cc1cnc[nH]1)C(=O)N[C@@H](CCCCN)C(=O)N[C@H](C(=O)N[C@@H](Cc1ccc(O)cc1)C(=O)N[C@@H](Cc1ccc(O)cc1)C(=O)N[C@@H](CCC(=O)O)C(=O)N[C@@H](C)C(=O)O)C(C)C. The number of unbranched alkanes of at least 4 members (excludes halogenated alkanes) is 1. The third-order valence-electron chi connectivity index (χ3n) is 14.0. The first-order chi connectivity index (χ1) is 40.3. The molecule has 27 heteroatoms. The molecule has 8 amide bonds. The Kier molecular flexibility index (Phi) is 27.2. The molecule has 4 rings (SSSR count). The Hall–Kier alpha value is -9.11. The Bertz CT molecular complexity index is 2870. The summed E-state index contributed by atoms with van der Waals surface area (Å²) in [5, 5.41) is 69.7. The van der Waals surface area contributed by atoms with Crippen molar-refractivity contribution in [2.75, 3.05) is 6.54 Å². The zero-order valence-corrected chi connectivity index (χ0v) is 48.1. The highest BCUT2D eigenvalue weighted by atomic mass is 16.4. The molecule has 0 saturated heterocycles. The molecular formula is C58H80N12O15. The van der Waals surface area contributed by atoms with Gasteiger partial charge >= 0.3 is 11.9 Å². The summed E-state index contributed by atoms with van der Waals surface area (Å²) in [4.78, 5) is 143. The Morgan fingerprint density at radius 3 is 1.34 bits per heavy atom. The van der Waals surface area contributed by atoms with E-state index in [9.17, 15) is 73.5 Å². The first-order valence-corrected chi connectivity index (χ1v) is 27.9. The van der Waals surface area contributed by atoms with Crippen molar-refractivity contribution in [1.29, 1.82) is 0 Å². The van der Waals surface area contributed by atoms with Crippen LogP contribution >= 0.6 is 0 Å². The van der Waals surface area contributed by atoms with Crippen molar-refractivity contribution >= 4 is 59.2 Å². The van der Waals surface area contributed by atoms with E-state index in [-0.39, 0.29) is 55.9 Å². The molecule has 0 fully saturated rings. The molecule has 1 aromatic heterocycles. The number of carbonyl (C=O) groups is 10. The summed E-state index contributed by atoms with van der Waals surface area (Å²) in [6.45, 7) is 8.10. The molecule has 0 unspecified atom stereocenters. The number of nitrogens with zero attached hydrogens (tertiary/aromatic N) is 1. The normalized spacial score (nSPS) is 14.7. The van der Waals surface area contributed by atoms with Crippen LogP contribution in [0.25, 0.3) is 0 Å². The predicted molar refractivity (Wildman–Crippen MR) is 309 cm³/mol. The number of amides is 8. The van der Waals surface area contributed by atoms with E-state index < -0.39 is 138 Å². The van der Waals surface area contributed by atoms with E-state index in [4.69, 9.17) is 11.5 Å². The second kappa shape index (κ2) is 33.9. The highest BCUT2D eigenvalue weighted by molar-refractivity contribution is 5.98. The quantitative estimate of drug-likeness (QED) is 0.0265. The topological polar surface area (TPSA) is 449 Å². The lowest BCUT2D eigenvalue weighted by Gasteiger charge is -2.30. The van der Waals surface area contributed by atoms with Crippen molar-refractivity contribution in [3.05, 3.63) is 108 Å². The number of aliphatic carboxylic acids is 2. The second-order valence-corrected chi connectivity index (χ2v) is 21.2. The van der Waals surface area contributed by atoms with Crippen LogP contribution in [0.3, 0.4) is 0 Å². The van der Waals surface area contributed by atoms with Gasteiger partial charge in [0.05, 0.1) is 12.4 Å². The molecule has 0 aliphatic heterocycles. The first kappa shape index (κ1) is 68.4. The molecule has 10 atom stereocenters. The van der Waals surface area contributed by atoms with Crippen LogP contribution in [-0.2, 0) is 73.6 Å². The molecular weight excluding hydrogens is 1100 g/mol. The van der Waals surface area contributed by atoms with Gasteiger partial charge in [-0.25, -0.2) is 4.98 Å². The maximum Gasteiger partial charge on any atom is 0.325 e. The molecule has 0 bridgehead atoms. The summed E-state index contributed by atoms with van der Waals surface area (Å²) in [7, 11) is 0. The smallest absolute Gasteiger partial charge is 0.325 e. The number of carbonyl (C=O) groups excluding carboxylic acids is 8. The molecule has 18 N–H and O–H groups in total. The fourth-order valence-electron chi connectivity index (χ4n) is 8.72. The first-order valence-electron chi connectivity index (χ1n) is 27.9. The van der Waals surface area contributed by atoms with Gasteiger partial charge in [-0.2, -0.15) is 0 Å². The Labute approximate surface area is 491 Å². The highest BCUT2D eigenvalue weighted by Gasteiger charge is 2.37. The number of hydrogen-bond donors (Lipinski definition) is 16. The van der Waals surface area contributed by atoms with Gasteiger partial charge in [-0.3, -0.25) is 47.9 Å². The highest BCUT2D eigenvalue weighted by Crippen LogP contribution is 2.18. The average Bonchev–Trinajstić information content (AvgIpc) is 4.09. The van der Waals surface area contributed by atoms with Gasteiger partial charge in [-0.05, 0) is 104 Å². The van der Waals surface area contributed by atoms with Crippen LogP contribution in [0.1, 0.15) is 95.5 Å². The third kappa shape index (κ3) is 22.9. The predicted octanol–water partition coefficient (Wildman–Crippen LogP) is -0.197. The van der Waals surface area contributed by atoms with Crippen molar-refractivity contribution in [1.82, 2.24) is 52.5 Å². The van der Waals surface area contributed by atoms with Crippen molar-refractivity contribution in [2.45, 2.75) is 153 Å². The maximum absolute atomic E-state index is 14.6. The number of rotatable bonds is 35. The lowest BCUT2D eigenvalue weighted by molar-refractivity contribution is -0.142. The molecule has 85 heavy (non-hydrogen) atoms. The van der Waals surface area contributed by atoms with Gasteiger partial charge < -0.3 is 84.5 Å². The number of hydrogen-bond acceptors (Lipinski definition) is 16. The van der Waals surface area contributed by atoms with Crippen LogP contribution in [0, 0.1) is 11.8 Å². The molecule has 0 spiro atoms. The van der Waals surface area contributed by atoms with Crippen molar-refractivity contribution < 1.29 is 73.5 Å². The average molecular weight is 1190 g/mol. The number of imidazole rings is 1. The Morgan fingerprint density at radius 1 is 0.506 bits per heavy atom. The number of nitrogens with two attached hydrogens (primary N) is 2. The van der Waals surface area contributed by atoms with Gasteiger partial charge in [-0.1, -0.05) is 70.5 Å². The monoisotopic (exact) mass is 1180 g/mol. The van der Waals surface area contributed by atoms with Crippen LogP contribution in [0.5, 0.6) is 17.2 Å². The van der Waals surface area contributed by atoms with E-state index in [1.165, 1.54) is 73.2 Å². The molecule has 1 heterocycles. The van der Waals surface area contributed by atoms with Gasteiger partial charge in [0, 0.05) is 44.0 Å². The number of aromatic nitrogens is 2. The van der Waals surface area contributed by atoms with Crippen LogP contribution in [0.2, 0.25) is 0 Å².